The second-order valence-electron chi connectivity index (χ2n) is 2.64. The molecular formula is C6H14N2O. The highest BCUT2D eigenvalue weighted by Crippen LogP contribution is 2.01. The molecular weight excluding hydrogens is 116 g/mol. The molecule has 0 bridgehead atoms. The van der Waals surface area contributed by atoms with E-state index in [-0.39, 0.29) is 12.1 Å². The second kappa shape index (κ2) is 3.15. The Kier molecular flexibility index (Phi) is 2.45. The number of aliphatic hydroxyl groups is 1. The van der Waals surface area contributed by atoms with Gasteiger partial charge in [-0.25, -0.2) is 0 Å². The molecule has 0 radical (unpaired) electrons. The molecule has 1 aliphatic heterocycles. The zero-order valence-electron chi connectivity index (χ0n) is 5.51. The van der Waals surface area contributed by atoms with Gasteiger partial charge in [-0.2, -0.15) is 0 Å². The van der Waals surface area contributed by atoms with E-state index in [1.807, 2.05) is 0 Å². The van der Waals surface area contributed by atoms with E-state index in [9.17, 15) is 0 Å². The highest BCUT2D eigenvalue weighted by molar-refractivity contribution is 4.74. The highest BCUT2D eigenvalue weighted by atomic mass is 16.3. The van der Waals surface area contributed by atoms with Gasteiger partial charge in [0, 0.05) is 12.6 Å². The first kappa shape index (κ1) is 6.99. The molecule has 1 aliphatic rings. The number of rotatable bonds is 0. The Bertz CT molecular complexity index is 77.1. The Balaban J connectivity index is 2.29. The number of aliphatic hydroxyl groups excluding tert-OH is 1. The largest absolute Gasteiger partial charge is 0.392 e. The van der Waals surface area contributed by atoms with Gasteiger partial charge in [0.2, 0.25) is 0 Å². The molecule has 1 fully saturated rings. The summed E-state index contributed by atoms with van der Waals surface area (Å²) in [5.74, 6) is 0. The number of β-amino-alcohol motifs (C(OH)–C–C–N with tert-alkyl or cyclic N) is 1. The summed E-state index contributed by atoms with van der Waals surface area (Å²) in [6.07, 6.45) is 1.49. The molecule has 0 aromatic heterocycles. The van der Waals surface area contributed by atoms with Crippen molar-refractivity contribution in [2.24, 2.45) is 5.73 Å². The van der Waals surface area contributed by atoms with Gasteiger partial charge >= 0.3 is 0 Å². The molecule has 0 aliphatic carbocycles. The van der Waals surface area contributed by atoms with Gasteiger partial charge < -0.3 is 16.2 Å². The summed E-state index contributed by atoms with van der Waals surface area (Å²) in [4.78, 5) is 0. The molecule has 0 saturated carbocycles. The lowest BCUT2D eigenvalue weighted by atomic mass is 10.1. The van der Waals surface area contributed by atoms with Crippen molar-refractivity contribution in [3.05, 3.63) is 0 Å². The maximum absolute atomic E-state index is 9.12. The zero-order valence-corrected chi connectivity index (χ0v) is 5.51. The van der Waals surface area contributed by atoms with Crippen LogP contribution in [-0.2, 0) is 0 Å². The van der Waals surface area contributed by atoms with E-state index in [0.29, 0.717) is 6.54 Å². The van der Waals surface area contributed by atoms with E-state index < -0.39 is 0 Å². The fraction of sp³-hybridized carbons (Fsp3) is 1.00. The van der Waals surface area contributed by atoms with Crippen LogP contribution in [-0.4, -0.2) is 30.3 Å². The maximum Gasteiger partial charge on any atom is 0.0679 e. The first-order valence-corrected chi connectivity index (χ1v) is 3.43. The predicted octanol–water partition coefficient (Wildman–Crippen LogP) is -0.942. The third-order valence-corrected chi connectivity index (χ3v) is 1.65. The normalized spacial score (nSPS) is 38.0. The van der Waals surface area contributed by atoms with Gasteiger partial charge in [0.05, 0.1) is 6.10 Å². The van der Waals surface area contributed by atoms with Crippen molar-refractivity contribution in [2.45, 2.75) is 25.0 Å². The van der Waals surface area contributed by atoms with Gasteiger partial charge in [-0.05, 0) is 19.4 Å². The van der Waals surface area contributed by atoms with Crippen LogP contribution in [0.25, 0.3) is 0 Å². The fourth-order valence-electron chi connectivity index (χ4n) is 1.11. The maximum atomic E-state index is 9.12. The van der Waals surface area contributed by atoms with Crippen LogP contribution >= 0.6 is 0 Å². The summed E-state index contributed by atoms with van der Waals surface area (Å²) in [7, 11) is 0. The average Bonchev–Trinajstić information content (AvgIpc) is 1.93. The van der Waals surface area contributed by atoms with E-state index in [4.69, 9.17) is 10.8 Å². The first-order valence-electron chi connectivity index (χ1n) is 3.43. The Hall–Kier alpha value is -0.120. The molecule has 2 atom stereocenters. The van der Waals surface area contributed by atoms with Gasteiger partial charge in [-0.3, -0.25) is 0 Å². The summed E-state index contributed by atoms with van der Waals surface area (Å²) >= 11 is 0. The summed E-state index contributed by atoms with van der Waals surface area (Å²) in [5.41, 5.74) is 5.63. The van der Waals surface area contributed by atoms with Crippen molar-refractivity contribution < 1.29 is 5.11 Å². The molecule has 0 aromatic carbocycles. The van der Waals surface area contributed by atoms with Crippen LogP contribution in [0.1, 0.15) is 12.8 Å². The summed E-state index contributed by atoms with van der Waals surface area (Å²) in [6.45, 7) is 1.64. The number of hydrogen-bond donors (Lipinski definition) is 3. The van der Waals surface area contributed by atoms with E-state index in [2.05, 4.69) is 5.32 Å². The molecule has 0 spiro atoms. The van der Waals surface area contributed by atoms with Crippen LogP contribution in [0, 0.1) is 0 Å². The number of nitrogens with two attached hydrogens (primary N) is 1. The van der Waals surface area contributed by atoms with Gasteiger partial charge in [0.15, 0.2) is 0 Å². The topological polar surface area (TPSA) is 58.3 Å². The Morgan fingerprint density at radius 3 is 3.11 bits per heavy atom. The van der Waals surface area contributed by atoms with Crippen molar-refractivity contribution in [2.75, 3.05) is 13.1 Å². The molecule has 3 heteroatoms. The third kappa shape index (κ3) is 2.30. The van der Waals surface area contributed by atoms with Crippen molar-refractivity contribution in [1.29, 1.82) is 0 Å². The van der Waals surface area contributed by atoms with Crippen LogP contribution in [0.15, 0.2) is 0 Å². The minimum absolute atomic E-state index is 0.190. The Morgan fingerprint density at radius 1 is 1.56 bits per heavy atom. The third-order valence-electron chi connectivity index (χ3n) is 1.65. The zero-order chi connectivity index (χ0) is 6.69. The van der Waals surface area contributed by atoms with Crippen molar-refractivity contribution in [1.82, 2.24) is 5.32 Å². The molecule has 2 unspecified atom stereocenters. The van der Waals surface area contributed by atoms with Gasteiger partial charge in [-0.1, -0.05) is 0 Å². The van der Waals surface area contributed by atoms with Crippen molar-refractivity contribution >= 4 is 0 Å². The van der Waals surface area contributed by atoms with Crippen LogP contribution in [0.3, 0.4) is 0 Å². The van der Waals surface area contributed by atoms with E-state index in [1.165, 1.54) is 0 Å². The molecule has 0 aromatic rings. The van der Waals surface area contributed by atoms with Crippen molar-refractivity contribution in [3.63, 3.8) is 0 Å². The smallest absolute Gasteiger partial charge is 0.0679 e. The lowest BCUT2D eigenvalue weighted by molar-refractivity contribution is 0.163. The van der Waals surface area contributed by atoms with E-state index in [0.717, 1.165) is 19.4 Å². The van der Waals surface area contributed by atoms with Crippen molar-refractivity contribution in [3.8, 4) is 0 Å². The van der Waals surface area contributed by atoms with Crippen LogP contribution < -0.4 is 11.1 Å². The van der Waals surface area contributed by atoms with Gasteiger partial charge in [0.25, 0.3) is 0 Å². The van der Waals surface area contributed by atoms with Crippen LogP contribution in [0.5, 0.6) is 0 Å². The molecule has 1 heterocycles. The Morgan fingerprint density at radius 2 is 2.33 bits per heavy atom. The summed E-state index contributed by atoms with van der Waals surface area (Å²) in [6, 6.07) is 0.190. The van der Waals surface area contributed by atoms with E-state index in [1.54, 1.807) is 0 Å². The molecule has 3 nitrogen and oxygen atoms in total. The predicted molar refractivity (Wildman–Crippen MR) is 36.1 cm³/mol. The standard InChI is InChI=1S/C6H14N2O/c7-5-1-2-8-4-6(9)3-5/h5-6,8-9H,1-4,7H2. The van der Waals surface area contributed by atoms with Gasteiger partial charge in [-0.15, -0.1) is 0 Å². The molecule has 9 heavy (non-hydrogen) atoms. The molecule has 4 N–H and O–H groups in total. The monoisotopic (exact) mass is 130 g/mol. The molecule has 1 saturated heterocycles. The lowest BCUT2D eigenvalue weighted by Crippen LogP contribution is -2.26. The highest BCUT2D eigenvalue weighted by Gasteiger charge is 2.13. The number of nitrogens with one attached hydrogen (secondary N) is 1. The quantitative estimate of drug-likeness (QED) is 0.396. The second-order valence-corrected chi connectivity index (χ2v) is 2.64. The molecule has 0 amide bonds. The summed E-state index contributed by atoms with van der Waals surface area (Å²) < 4.78 is 0. The SMILES string of the molecule is NC1CCNCC(O)C1. The summed E-state index contributed by atoms with van der Waals surface area (Å²) in [5, 5.41) is 12.2. The van der Waals surface area contributed by atoms with E-state index >= 15 is 0 Å². The fourth-order valence-corrected chi connectivity index (χ4v) is 1.11. The lowest BCUT2D eigenvalue weighted by Gasteiger charge is -2.08. The average molecular weight is 130 g/mol. The van der Waals surface area contributed by atoms with Crippen LogP contribution in [0.2, 0.25) is 0 Å². The van der Waals surface area contributed by atoms with Crippen LogP contribution in [0.4, 0.5) is 0 Å². The minimum Gasteiger partial charge on any atom is -0.392 e. The molecule has 1 rings (SSSR count). The van der Waals surface area contributed by atoms with Gasteiger partial charge in [0.1, 0.15) is 0 Å². The minimum atomic E-state index is -0.234. The molecule has 54 valence electrons. The first-order chi connectivity index (χ1) is 4.29. The Labute approximate surface area is 55.2 Å². The number of hydrogen-bond acceptors (Lipinski definition) is 3.